The van der Waals surface area contributed by atoms with Crippen molar-refractivity contribution >= 4 is 11.5 Å². The molecule has 0 spiro atoms. The zero-order valence-corrected chi connectivity index (χ0v) is 12.0. The first-order valence-corrected chi connectivity index (χ1v) is 7.35. The Bertz CT molecular complexity index is 408. The predicted octanol–water partition coefficient (Wildman–Crippen LogP) is 3.44. The molecule has 1 aromatic rings. The predicted molar refractivity (Wildman–Crippen MR) is 79.5 cm³/mol. The highest BCUT2D eigenvalue weighted by molar-refractivity contribution is 5.53. The monoisotopic (exact) mass is 263 g/mol. The Hall–Kier alpha value is -1.45. The van der Waals surface area contributed by atoms with Crippen LogP contribution in [-0.2, 0) is 0 Å². The van der Waals surface area contributed by atoms with Crippen LogP contribution in [0.1, 0.15) is 46.0 Å². The average Bonchev–Trinajstić information content (AvgIpc) is 2.59. The second-order valence-electron chi connectivity index (χ2n) is 5.48. The van der Waals surface area contributed by atoms with E-state index in [0.717, 1.165) is 11.7 Å². The van der Waals surface area contributed by atoms with Gasteiger partial charge in [-0.1, -0.05) is 19.8 Å². The van der Waals surface area contributed by atoms with Crippen LogP contribution in [0.2, 0.25) is 0 Å². The molecule has 2 atom stereocenters. The first-order valence-electron chi connectivity index (χ1n) is 7.35. The molecule has 1 heterocycles. The van der Waals surface area contributed by atoms with Gasteiger partial charge >= 0.3 is 0 Å². The van der Waals surface area contributed by atoms with Gasteiger partial charge in [0.05, 0.1) is 12.3 Å². The van der Waals surface area contributed by atoms with Crippen LogP contribution in [0.3, 0.4) is 0 Å². The topological polar surface area (TPSA) is 60.2 Å². The highest BCUT2D eigenvalue weighted by Crippen LogP contribution is 2.26. The molecule has 1 saturated carbocycles. The maximum Gasteiger partial charge on any atom is 0.239 e. The number of nitrogens with zero attached hydrogens (tertiary/aromatic N) is 1. The third-order valence-corrected chi connectivity index (χ3v) is 3.78. The van der Waals surface area contributed by atoms with Crippen LogP contribution in [0.25, 0.3) is 0 Å². The zero-order chi connectivity index (χ0) is 13.7. The van der Waals surface area contributed by atoms with Crippen molar-refractivity contribution in [1.29, 1.82) is 0 Å². The molecule has 0 amide bonds. The first-order chi connectivity index (χ1) is 9.19. The molecule has 0 saturated heterocycles. The van der Waals surface area contributed by atoms with Crippen LogP contribution in [0.4, 0.5) is 11.5 Å². The van der Waals surface area contributed by atoms with Gasteiger partial charge in [-0.05, 0) is 44.2 Å². The van der Waals surface area contributed by atoms with Crippen molar-refractivity contribution in [3.8, 4) is 5.88 Å². The molecule has 4 heteroatoms. The number of hydrogen-bond donors (Lipinski definition) is 2. The molecule has 2 unspecified atom stereocenters. The Morgan fingerprint density at radius 2 is 2.16 bits per heavy atom. The fourth-order valence-corrected chi connectivity index (χ4v) is 2.62. The molecule has 4 nitrogen and oxygen atoms in total. The molecule has 0 bridgehead atoms. The minimum absolute atomic E-state index is 0.524. The van der Waals surface area contributed by atoms with Gasteiger partial charge in [-0.15, -0.1) is 0 Å². The van der Waals surface area contributed by atoms with E-state index in [2.05, 4.69) is 17.2 Å². The van der Waals surface area contributed by atoms with Gasteiger partial charge < -0.3 is 15.8 Å². The van der Waals surface area contributed by atoms with Crippen molar-refractivity contribution < 1.29 is 4.74 Å². The lowest BCUT2D eigenvalue weighted by molar-refractivity contribution is 0.329. The fourth-order valence-electron chi connectivity index (χ4n) is 2.62. The summed E-state index contributed by atoms with van der Waals surface area (Å²) in [6.45, 7) is 4.87. The standard InChI is InChI=1S/C15H25N3O/c1-3-19-15-13(16)9-10-14(18-15)17-12-6-4-5-11(2)7-8-12/h9-12H,3-8,16H2,1-2H3,(H,17,18). The molecule has 1 aromatic heterocycles. The van der Waals surface area contributed by atoms with Crippen molar-refractivity contribution in [3.63, 3.8) is 0 Å². The summed E-state index contributed by atoms with van der Waals surface area (Å²) in [4.78, 5) is 4.45. The van der Waals surface area contributed by atoms with Crippen molar-refractivity contribution in [2.45, 2.75) is 52.0 Å². The molecule has 106 valence electrons. The number of ether oxygens (including phenoxy) is 1. The van der Waals surface area contributed by atoms with Crippen LogP contribution >= 0.6 is 0 Å². The van der Waals surface area contributed by atoms with Crippen molar-refractivity contribution in [2.75, 3.05) is 17.7 Å². The third kappa shape index (κ3) is 4.01. The Morgan fingerprint density at radius 1 is 1.32 bits per heavy atom. The van der Waals surface area contributed by atoms with Crippen molar-refractivity contribution in [1.82, 2.24) is 4.98 Å². The summed E-state index contributed by atoms with van der Waals surface area (Å²) in [5.74, 6) is 2.26. The van der Waals surface area contributed by atoms with Crippen LogP contribution in [0.15, 0.2) is 12.1 Å². The van der Waals surface area contributed by atoms with E-state index < -0.39 is 0 Å². The quantitative estimate of drug-likeness (QED) is 0.817. The van der Waals surface area contributed by atoms with Gasteiger partial charge in [-0.25, -0.2) is 0 Å². The lowest BCUT2D eigenvalue weighted by Crippen LogP contribution is -2.19. The molecule has 1 aliphatic carbocycles. The summed E-state index contributed by atoms with van der Waals surface area (Å²) in [6.07, 6.45) is 6.38. The number of hydrogen-bond acceptors (Lipinski definition) is 4. The smallest absolute Gasteiger partial charge is 0.239 e. The number of rotatable bonds is 4. The lowest BCUT2D eigenvalue weighted by Gasteiger charge is -2.18. The maximum atomic E-state index is 5.84. The highest BCUT2D eigenvalue weighted by atomic mass is 16.5. The number of aromatic nitrogens is 1. The number of nitrogens with two attached hydrogens (primary N) is 1. The van der Waals surface area contributed by atoms with Gasteiger partial charge in [0.2, 0.25) is 5.88 Å². The third-order valence-electron chi connectivity index (χ3n) is 3.78. The van der Waals surface area contributed by atoms with Gasteiger partial charge in [-0.2, -0.15) is 4.98 Å². The molecule has 0 aliphatic heterocycles. The summed E-state index contributed by atoms with van der Waals surface area (Å²) in [5, 5.41) is 3.52. The molecule has 3 N–H and O–H groups in total. The summed E-state index contributed by atoms with van der Waals surface area (Å²) < 4.78 is 5.43. The number of nitrogen functional groups attached to an aromatic ring is 1. The van der Waals surface area contributed by atoms with Crippen molar-refractivity contribution in [2.24, 2.45) is 5.92 Å². The van der Waals surface area contributed by atoms with E-state index in [0.29, 0.717) is 24.2 Å². The van der Waals surface area contributed by atoms with Crippen LogP contribution < -0.4 is 15.8 Å². The van der Waals surface area contributed by atoms with E-state index in [-0.39, 0.29) is 0 Å². The van der Waals surface area contributed by atoms with Crippen LogP contribution in [0.5, 0.6) is 5.88 Å². The molecule has 0 aromatic carbocycles. The first kappa shape index (κ1) is 14.0. The Kier molecular flexibility index (Phi) is 4.88. The molecule has 1 aliphatic rings. The Labute approximate surface area is 115 Å². The summed E-state index contributed by atoms with van der Waals surface area (Å²) in [5.41, 5.74) is 6.44. The van der Waals surface area contributed by atoms with E-state index in [1.54, 1.807) is 0 Å². The average molecular weight is 263 g/mol. The SMILES string of the molecule is CCOc1nc(NC2CCCC(C)CC2)ccc1N. The molecular weight excluding hydrogens is 238 g/mol. The number of anilines is 2. The van der Waals surface area contributed by atoms with Gasteiger partial charge in [0.25, 0.3) is 0 Å². The van der Waals surface area contributed by atoms with Gasteiger partial charge in [0, 0.05) is 6.04 Å². The Morgan fingerprint density at radius 3 is 2.95 bits per heavy atom. The van der Waals surface area contributed by atoms with Gasteiger partial charge in [0.1, 0.15) is 5.82 Å². The maximum absolute atomic E-state index is 5.84. The molecular formula is C15H25N3O. The second kappa shape index (κ2) is 6.64. The van der Waals surface area contributed by atoms with Crippen molar-refractivity contribution in [3.05, 3.63) is 12.1 Å². The minimum atomic E-state index is 0.524. The van der Waals surface area contributed by atoms with E-state index in [4.69, 9.17) is 10.5 Å². The zero-order valence-electron chi connectivity index (χ0n) is 12.0. The molecule has 2 rings (SSSR count). The van der Waals surface area contributed by atoms with Crippen LogP contribution in [0, 0.1) is 5.92 Å². The summed E-state index contributed by atoms with van der Waals surface area (Å²) in [7, 11) is 0. The van der Waals surface area contributed by atoms with E-state index in [9.17, 15) is 0 Å². The summed E-state index contributed by atoms with van der Waals surface area (Å²) >= 11 is 0. The summed E-state index contributed by atoms with van der Waals surface area (Å²) in [6, 6.07) is 4.32. The largest absolute Gasteiger partial charge is 0.476 e. The number of pyridine rings is 1. The lowest BCUT2D eigenvalue weighted by atomic mass is 10.0. The highest BCUT2D eigenvalue weighted by Gasteiger charge is 2.16. The number of nitrogens with one attached hydrogen (secondary N) is 1. The second-order valence-corrected chi connectivity index (χ2v) is 5.48. The van der Waals surface area contributed by atoms with E-state index >= 15 is 0 Å². The van der Waals surface area contributed by atoms with Gasteiger partial charge in [0.15, 0.2) is 0 Å². The molecule has 0 radical (unpaired) electrons. The van der Waals surface area contributed by atoms with Gasteiger partial charge in [-0.3, -0.25) is 0 Å². The molecule has 19 heavy (non-hydrogen) atoms. The normalized spacial score (nSPS) is 23.7. The minimum Gasteiger partial charge on any atom is -0.476 e. The molecule has 1 fully saturated rings. The Balaban J connectivity index is 2.00. The van der Waals surface area contributed by atoms with Crippen LogP contribution in [-0.4, -0.2) is 17.6 Å². The van der Waals surface area contributed by atoms with E-state index in [1.807, 2.05) is 19.1 Å². The van der Waals surface area contributed by atoms with E-state index in [1.165, 1.54) is 32.1 Å². The fraction of sp³-hybridized carbons (Fsp3) is 0.667.